The van der Waals surface area contributed by atoms with Gasteiger partial charge in [0.25, 0.3) is 0 Å². The fraction of sp³-hybridized carbons (Fsp3) is 0.583. The third-order valence-corrected chi connectivity index (χ3v) is 7.47. The van der Waals surface area contributed by atoms with Gasteiger partial charge in [0.1, 0.15) is 0 Å². The number of halogens is 1. The Morgan fingerprint density at radius 2 is 2.00 bits per heavy atom. The zero-order valence-electron chi connectivity index (χ0n) is 9.41. The maximum atomic E-state index is 6.54. The fourth-order valence-electron chi connectivity index (χ4n) is 2.81. The first-order chi connectivity index (χ1) is 7.55. The predicted molar refractivity (Wildman–Crippen MR) is 60.7 cm³/mol. The van der Waals surface area contributed by atoms with Crippen LogP contribution in [0.3, 0.4) is 0 Å². The number of nitrogens with zero attached hydrogens (tertiary/aromatic N) is 1. The summed E-state index contributed by atoms with van der Waals surface area (Å²) >= 11 is 0.443. The Bertz CT molecular complexity index is 396. The quantitative estimate of drug-likeness (QED) is 0.469. The second-order valence-corrected chi connectivity index (χ2v) is 9.32. The van der Waals surface area contributed by atoms with Gasteiger partial charge in [-0.2, -0.15) is 0 Å². The molecule has 3 fully saturated rings. The molecule has 4 N–H and O–H groups in total. The first-order valence-corrected chi connectivity index (χ1v) is 8.20. The van der Waals surface area contributed by atoms with E-state index in [1.165, 1.54) is 12.0 Å². The molecule has 2 saturated heterocycles. The molecule has 3 nitrogen and oxygen atoms in total. The number of fused-ring (bicyclic) bond motifs is 2. The Morgan fingerprint density at radius 1 is 1.38 bits per heavy atom. The third-order valence-electron chi connectivity index (χ3n) is 3.54. The van der Waals surface area contributed by atoms with Gasteiger partial charge in [-0.25, -0.2) is 0 Å². The van der Waals surface area contributed by atoms with Crippen LogP contribution in [0.1, 0.15) is 30.5 Å². The molecule has 2 bridgehead atoms. The number of pyridine rings is 1. The number of nitrogens with two attached hydrogens (primary N) is 2. The van der Waals surface area contributed by atoms with Crippen molar-refractivity contribution in [3.8, 4) is 0 Å². The summed E-state index contributed by atoms with van der Waals surface area (Å²) in [6.07, 6.45) is 3.69. The van der Waals surface area contributed by atoms with Crippen molar-refractivity contribution in [3.63, 3.8) is 0 Å². The standard InChI is InChI=1S/C12H17IN3/c1-7-2-10(16-11(14)3-7)12(15)5-8-4-9(6-12)13-8/h2-3,8-9H,4-6,15H2,1H3,(H2,14,16)/q-1. The molecule has 0 radical (unpaired) electrons. The third kappa shape index (κ3) is 1.72. The van der Waals surface area contributed by atoms with Crippen LogP contribution in [0.2, 0.25) is 0 Å². The van der Waals surface area contributed by atoms with Gasteiger partial charge in [0.2, 0.25) is 0 Å². The van der Waals surface area contributed by atoms with E-state index < -0.39 is 0 Å². The van der Waals surface area contributed by atoms with Crippen LogP contribution in [0.5, 0.6) is 0 Å². The van der Waals surface area contributed by atoms with Crippen molar-refractivity contribution >= 4 is 5.82 Å². The number of anilines is 1. The molecule has 1 aromatic rings. The first-order valence-electron chi connectivity index (χ1n) is 5.71. The minimum atomic E-state index is -0.189. The molecule has 4 heteroatoms. The van der Waals surface area contributed by atoms with Crippen LogP contribution >= 0.6 is 0 Å². The Labute approximate surface area is 106 Å². The molecule has 16 heavy (non-hydrogen) atoms. The molecule has 1 saturated carbocycles. The normalized spacial score (nSPS) is 37.4. The van der Waals surface area contributed by atoms with Gasteiger partial charge >= 0.3 is 106 Å². The molecule has 4 rings (SSSR count). The van der Waals surface area contributed by atoms with Crippen LogP contribution in [0.4, 0.5) is 5.82 Å². The van der Waals surface area contributed by atoms with Crippen molar-refractivity contribution in [3.05, 3.63) is 23.4 Å². The topological polar surface area (TPSA) is 64.9 Å². The van der Waals surface area contributed by atoms with Crippen LogP contribution < -0.4 is 32.7 Å². The summed E-state index contributed by atoms with van der Waals surface area (Å²) in [7, 11) is 0. The predicted octanol–water partition coefficient (Wildman–Crippen LogP) is -1.85. The summed E-state index contributed by atoms with van der Waals surface area (Å²) in [6.45, 7) is 2.06. The van der Waals surface area contributed by atoms with Gasteiger partial charge in [0.15, 0.2) is 0 Å². The number of aryl methyl sites for hydroxylation is 1. The summed E-state index contributed by atoms with van der Waals surface area (Å²) in [5.41, 5.74) is 14.3. The molecule has 1 aliphatic carbocycles. The fourth-order valence-corrected chi connectivity index (χ4v) is 7.20. The van der Waals surface area contributed by atoms with Crippen LogP contribution in [0.15, 0.2) is 12.1 Å². The van der Waals surface area contributed by atoms with Gasteiger partial charge < -0.3 is 0 Å². The number of rotatable bonds is 1. The summed E-state index contributed by atoms with van der Waals surface area (Å²) in [6, 6.07) is 4.02. The Balaban J connectivity index is 1.95. The van der Waals surface area contributed by atoms with E-state index in [-0.39, 0.29) is 5.54 Å². The Hall–Kier alpha value is -0.360. The van der Waals surface area contributed by atoms with Gasteiger partial charge in [-0.3, -0.25) is 0 Å². The second kappa shape index (κ2) is 3.57. The first kappa shape index (κ1) is 10.8. The Kier molecular flexibility index (Phi) is 2.40. The van der Waals surface area contributed by atoms with Crippen LogP contribution in [-0.4, -0.2) is 12.8 Å². The Morgan fingerprint density at radius 3 is 2.56 bits per heavy atom. The molecule has 3 aliphatic rings. The molecule has 0 aromatic carbocycles. The molecule has 88 valence electrons. The summed E-state index contributed by atoms with van der Waals surface area (Å²) in [4.78, 5) is 4.45. The van der Waals surface area contributed by atoms with Gasteiger partial charge in [0, 0.05) is 0 Å². The van der Waals surface area contributed by atoms with Crippen molar-refractivity contribution in [2.24, 2.45) is 5.73 Å². The molecule has 2 atom stereocenters. The van der Waals surface area contributed by atoms with E-state index >= 15 is 0 Å². The van der Waals surface area contributed by atoms with Gasteiger partial charge in [0.05, 0.1) is 0 Å². The second-order valence-electron chi connectivity index (χ2n) is 5.08. The molecule has 2 unspecified atom stereocenters. The minimum absolute atomic E-state index is 0.189. The maximum absolute atomic E-state index is 6.54. The average Bonchev–Trinajstić information content (AvgIpc) is 2.14. The van der Waals surface area contributed by atoms with E-state index in [1.807, 2.05) is 6.07 Å². The van der Waals surface area contributed by atoms with Crippen molar-refractivity contribution in [2.75, 3.05) is 5.73 Å². The molecular weight excluding hydrogens is 313 g/mol. The van der Waals surface area contributed by atoms with Gasteiger partial charge in [-0.1, -0.05) is 0 Å². The van der Waals surface area contributed by atoms with E-state index in [1.54, 1.807) is 0 Å². The monoisotopic (exact) mass is 330 g/mol. The molecule has 1 aromatic heterocycles. The van der Waals surface area contributed by atoms with E-state index in [4.69, 9.17) is 11.5 Å². The van der Waals surface area contributed by atoms with Crippen LogP contribution in [0.25, 0.3) is 0 Å². The number of hydrogen-bond acceptors (Lipinski definition) is 3. The van der Waals surface area contributed by atoms with Crippen LogP contribution in [-0.2, 0) is 5.54 Å². The average molecular weight is 330 g/mol. The van der Waals surface area contributed by atoms with Gasteiger partial charge in [-0.15, -0.1) is 0 Å². The van der Waals surface area contributed by atoms with Crippen molar-refractivity contribution in [1.29, 1.82) is 0 Å². The number of aromatic nitrogens is 1. The number of nitrogen functional groups attached to an aromatic ring is 1. The molecule has 0 amide bonds. The zero-order chi connectivity index (χ0) is 11.3. The van der Waals surface area contributed by atoms with E-state index in [2.05, 4.69) is 18.0 Å². The SMILES string of the molecule is Cc1cc(N)nc(C2(N)CC3CC(C2)[I-]3)c1. The van der Waals surface area contributed by atoms with E-state index in [9.17, 15) is 0 Å². The van der Waals surface area contributed by atoms with E-state index in [0.29, 0.717) is 27.0 Å². The van der Waals surface area contributed by atoms with Crippen molar-refractivity contribution < 1.29 is 21.2 Å². The van der Waals surface area contributed by atoms with Crippen molar-refractivity contribution in [1.82, 2.24) is 4.98 Å². The van der Waals surface area contributed by atoms with Crippen LogP contribution in [0, 0.1) is 6.92 Å². The molecule has 0 spiro atoms. The number of alkyl halides is 2. The molecular formula is C12H17IN3-. The van der Waals surface area contributed by atoms with E-state index in [0.717, 1.165) is 26.4 Å². The summed E-state index contributed by atoms with van der Waals surface area (Å²) < 4.78 is 1.87. The summed E-state index contributed by atoms with van der Waals surface area (Å²) in [5, 5.41) is 0. The molecule has 2 aliphatic heterocycles. The number of hydrogen-bond donors (Lipinski definition) is 2. The van der Waals surface area contributed by atoms with Gasteiger partial charge in [-0.05, 0) is 0 Å². The zero-order valence-corrected chi connectivity index (χ0v) is 11.6. The summed E-state index contributed by atoms with van der Waals surface area (Å²) in [5.74, 6) is 0.605. The molecule has 3 heterocycles. The van der Waals surface area contributed by atoms with Crippen molar-refractivity contribution in [2.45, 2.75) is 39.6 Å².